The Kier molecular flexibility index (Phi) is 6.67. The third-order valence-electron chi connectivity index (χ3n) is 4.82. The summed E-state index contributed by atoms with van der Waals surface area (Å²) < 4.78 is 21.8. The van der Waals surface area contributed by atoms with Gasteiger partial charge in [0.2, 0.25) is 0 Å². The first-order valence-corrected chi connectivity index (χ1v) is 11.0. The van der Waals surface area contributed by atoms with Crippen molar-refractivity contribution in [2.45, 2.75) is 20.0 Å². The Hall–Kier alpha value is -3.03. The van der Waals surface area contributed by atoms with Gasteiger partial charge >= 0.3 is 0 Å². The summed E-state index contributed by atoms with van der Waals surface area (Å²) in [6.07, 6.45) is 2.01. The van der Waals surface area contributed by atoms with Crippen molar-refractivity contribution in [3.05, 3.63) is 103 Å². The number of nitrogens with zero attached hydrogens (tertiary/aromatic N) is 3. The van der Waals surface area contributed by atoms with E-state index in [0.717, 1.165) is 4.47 Å². The minimum Gasteiger partial charge on any atom is -0.488 e. The maximum atomic E-state index is 13.9. The zero-order valence-corrected chi connectivity index (χ0v) is 19.4. The van der Waals surface area contributed by atoms with Crippen LogP contribution in [0.5, 0.6) is 5.75 Å². The number of benzene rings is 3. The molecule has 0 spiro atoms. The van der Waals surface area contributed by atoms with E-state index in [-0.39, 0.29) is 18.0 Å². The summed E-state index contributed by atoms with van der Waals surface area (Å²) in [4.78, 5) is 17.6. The predicted molar refractivity (Wildman–Crippen MR) is 128 cm³/mol. The molecule has 3 aromatic carbocycles. The summed E-state index contributed by atoms with van der Waals surface area (Å²) in [7, 11) is 0. The van der Waals surface area contributed by atoms with E-state index in [0.29, 0.717) is 45.0 Å². The van der Waals surface area contributed by atoms with E-state index in [1.807, 2.05) is 13.0 Å². The van der Waals surface area contributed by atoms with Gasteiger partial charge in [0, 0.05) is 27.0 Å². The Labute approximate surface area is 197 Å². The molecule has 4 aromatic rings. The van der Waals surface area contributed by atoms with Crippen LogP contribution < -0.4 is 10.3 Å². The second-order valence-corrected chi connectivity index (χ2v) is 8.32. The molecule has 4 rings (SSSR count). The van der Waals surface area contributed by atoms with Gasteiger partial charge in [0.05, 0.1) is 17.1 Å². The monoisotopic (exact) mass is 513 g/mol. The maximum Gasteiger partial charge on any atom is 0.282 e. The molecule has 162 valence electrons. The van der Waals surface area contributed by atoms with Crippen LogP contribution in [0.1, 0.15) is 23.9 Å². The average Bonchev–Trinajstić information content (AvgIpc) is 2.79. The molecule has 0 saturated carbocycles. The molecule has 0 bridgehead atoms. The van der Waals surface area contributed by atoms with E-state index in [2.05, 4.69) is 26.0 Å². The number of fused-ring (bicyclic) bond motifs is 1. The lowest BCUT2D eigenvalue weighted by molar-refractivity contribution is 0.299. The lowest BCUT2D eigenvalue weighted by Gasteiger charge is -2.11. The number of aromatic nitrogens is 2. The summed E-state index contributed by atoms with van der Waals surface area (Å²) in [5, 5.41) is 5.32. The molecule has 0 aliphatic heterocycles. The number of ether oxygens (including phenoxy) is 1. The molecular weight excluding hydrogens is 497 g/mol. The van der Waals surface area contributed by atoms with Crippen LogP contribution in [0.4, 0.5) is 4.39 Å². The molecule has 0 aliphatic carbocycles. The largest absolute Gasteiger partial charge is 0.488 e. The van der Waals surface area contributed by atoms with Crippen molar-refractivity contribution in [2.24, 2.45) is 5.10 Å². The lowest BCUT2D eigenvalue weighted by atomic mass is 10.2. The molecular formula is C24H18BrClFN3O2. The fourth-order valence-electron chi connectivity index (χ4n) is 3.19. The summed E-state index contributed by atoms with van der Waals surface area (Å²) >= 11 is 9.55. The molecule has 0 saturated heterocycles. The van der Waals surface area contributed by atoms with E-state index in [4.69, 9.17) is 16.3 Å². The second kappa shape index (κ2) is 9.63. The minimum absolute atomic E-state index is 0.0425. The third kappa shape index (κ3) is 4.74. The predicted octanol–water partition coefficient (Wildman–Crippen LogP) is 5.98. The van der Waals surface area contributed by atoms with Crippen LogP contribution in [0, 0.1) is 5.82 Å². The molecule has 0 atom stereocenters. The van der Waals surface area contributed by atoms with Crippen LogP contribution >= 0.6 is 27.5 Å². The van der Waals surface area contributed by atoms with E-state index >= 15 is 0 Å². The number of rotatable bonds is 6. The molecule has 8 heteroatoms. The van der Waals surface area contributed by atoms with Crippen LogP contribution in [-0.2, 0) is 13.0 Å². The van der Waals surface area contributed by atoms with Crippen molar-refractivity contribution >= 4 is 44.6 Å². The fourth-order valence-corrected chi connectivity index (χ4v) is 3.73. The first kappa shape index (κ1) is 22.2. The van der Waals surface area contributed by atoms with Crippen molar-refractivity contribution in [1.82, 2.24) is 9.66 Å². The van der Waals surface area contributed by atoms with Gasteiger partial charge in [-0.1, -0.05) is 52.7 Å². The minimum atomic E-state index is -0.343. The quantitative estimate of drug-likeness (QED) is 0.298. The molecule has 0 radical (unpaired) electrons. The highest BCUT2D eigenvalue weighted by molar-refractivity contribution is 9.10. The number of halogens is 3. The standard InChI is InChI=1S/C24H18BrClFN3O2/c1-2-23-29-21-9-7-17(25)12-19(21)24(31)30(23)28-13-16-11-18(26)8-10-22(16)32-14-15-5-3-4-6-20(15)27/h3-13H,2,14H2,1H3. The van der Waals surface area contributed by atoms with Gasteiger partial charge in [0.25, 0.3) is 5.56 Å². The van der Waals surface area contributed by atoms with E-state index in [9.17, 15) is 9.18 Å². The first-order valence-electron chi connectivity index (χ1n) is 9.87. The van der Waals surface area contributed by atoms with Gasteiger partial charge in [-0.15, -0.1) is 0 Å². The van der Waals surface area contributed by atoms with E-state index < -0.39 is 0 Å². The summed E-state index contributed by atoms with van der Waals surface area (Å²) in [6, 6.07) is 16.8. The summed E-state index contributed by atoms with van der Waals surface area (Å²) in [6.45, 7) is 1.95. The van der Waals surface area contributed by atoms with Crippen LogP contribution in [0.2, 0.25) is 5.02 Å². The van der Waals surface area contributed by atoms with Gasteiger partial charge in [-0.3, -0.25) is 4.79 Å². The van der Waals surface area contributed by atoms with Gasteiger partial charge < -0.3 is 4.74 Å². The highest BCUT2D eigenvalue weighted by Crippen LogP contribution is 2.23. The lowest BCUT2D eigenvalue weighted by Crippen LogP contribution is -2.22. The summed E-state index contributed by atoms with van der Waals surface area (Å²) in [5.41, 5.74) is 1.31. The third-order valence-corrected chi connectivity index (χ3v) is 5.55. The van der Waals surface area contributed by atoms with Crippen molar-refractivity contribution in [3.8, 4) is 5.75 Å². The van der Waals surface area contributed by atoms with Crippen LogP contribution in [0.15, 0.2) is 75.0 Å². The van der Waals surface area contributed by atoms with Crippen LogP contribution in [0.25, 0.3) is 10.9 Å². The summed E-state index contributed by atoms with van der Waals surface area (Å²) in [5.74, 6) is 0.644. The molecule has 0 aliphatic rings. The fraction of sp³-hybridized carbons (Fsp3) is 0.125. The number of aryl methyl sites for hydroxylation is 1. The zero-order chi connectivity index (χ0) is 22.7. The Bertz CT molecular complexity index is 1390. The molecule has 1 heterocycles. The van der Waals surface area contributed by atoms with Gasteiger partial charge in [0.1, 0.15) is 24.0 Å². The van der Waals surface area contributed by atoms with Gasteiger partial charge in [-0.25, -0.2) is 9.37 Å². The van der Waals surface area contributed by atoms with Gasteiger partial charge in [0.15, 0.2) is 0 Å². The smallest absolute Gasteiger partial charge is 0.282 e. The molecule has 0 unspecified atom stereocenters. The Morgan fingerprint density at radius 1 is 1.19 bits per heavy atom. The highest BCUT2D eigenvalue weighted by atomic mass is 79.9. The normalized spacial score (nSPS) is 11.4. The SMILES string of the molecule is CCc1nc2ccc(Br)cc2c(=O)n1N=Cc1cc(Cl)ccc1OCc1ccccc1F. The Morgan fingerprint density at radius 2 is 2.00 bits per heavy atom. The second-order valence-electron chi connectivity index (χ2n) is 6.97. The van der Waals surface area contributed by atoms with E-state index in [1.165, 1.54) is 17.0 Å². The first-order chi connectivity index (χ1) is 15.5. The topological polar surface area (TPSA) is 56.5 Å². The highest BCUT2D eigenvalue weighted by Gasteiger charge is 2.11. The number of hydrogen-bond donors (Lipinski definition) is 0. The molecule has 5 nitrogen and oxygen atoms in total. The average molecular weight is 515 g/mol. The number of hydrogen-bond acceptors (Lipinski definition) is 4. The Morgan fingerprint density at radius 3 is 2.78 bits per heavy atom. The van der Waals surface area contributed by atoms with E-state index in [1.54, 1.807) is 48.5 Å². The van der Waals surface area contributed by atoms with Gasteiger partial charge in [-0.05, 0) is 42.5 Å². The molecule has 32 heavy (non-hydrogen) atoms. The van der Waals surface area contributed by atoms with Gasteiger partial charge in [-0.2, -0.15) is 9.78 Å². The maximum absolute atomic E-state index is 13.9. The van der Waals surface area contributed by atoms with Crippen molar-refractivity contribution < 1.29 is 9.13 Å². The molecule has 0 fully saturated rings. The Balaban J connectivity index is 1.71. The molecule has 0 amide bonds. The van der Waals surface area contributed by atoms with Crippen molar-refractivity contribution in [3.63, 3.8) is 0 Å². The van der Waals surface area contributed by atoms with Crippen LogP contribution in [0.3, 0.4) is 0 Å². The molecule has 0 N–H and O–H groups in total. The van der Waals surface area contributed by atoms with Crippen LogP contribution in [-0.4, -0.2) is 15.9 Å². The van der Waals surface area contributed by atoms with Crippen molar-refractivity contribution in [2.75, 3.05) is 0 Å². The van der Waals surface area contributed by atoms with Crippen molar-refractivity contribution in [1.29, 1.82) is 0 Å². The molecule has 1 aromatic heterocycles. The zero-order valence-electron chi connectivity index (χ0n) is 17.1.